The molecule has 0 aromatic rings. The van der Waals surface area contributed by atoms with Gasteiger partial charge in [0.25, 0.3) is 0 Å². The zero-order valence-electron chi connectivity index (χ0n) is 7.83. The predicted molar refractivity (Wildman–Crippen MR) is 46.4 cm³/mol. The molecule has 1 atom stereocenters. The van der Waals surface area contributed by atoms with Gasteiger partial charge in [0.1, 0.15) is 0 Å². The van der Waals surface area contributed by atoms with Crippen LogP contribution in [-0.2, 0) is 9.53 Å². The Morgan fingerprint density at radius 1 is 1.58 bits per heavy atom. The van der Waals surface area contributed by atoms with Gasteiger partial charge in [-0.3, -0.25) is 0 Å². The molecule has 0 rings (SSSR count). The van der Waals surface area contributed by atoms with Gasteiger partial charge < -0.3 is 9.84 Å². The van der Waals surface area contributed by atoms with Crippen molar-refractivity contribution in [3.8, 4) is 0 Å². The van der Waals surface area contributed by atoms with E-state index in [-0.39, 0.29) is 5.92 Å². The fraction of sp³-hybridized carbons (Fsp3) is 0.667. The molecule has 0 radical (unpaired) electrons. The van der Waals surface area contributed by atoms with E-state index in [9.17, 15) is 4.79 Å². The summed E-state index contributed by atoms with van der Waals surface area (Å²) < 4.78 is 4.64. The number of carbonyl (C=O) groups excluding carboxylic acids is 1. The molecular weight excluding hydrogens is 156 g/mol. The predicted octanol–water partition coefficient (Wildman–Crippen LogP) is 1.47. The Bertz CT molecular complexity index is 173. The van der Waals surface area contributed by atoms with Gasteiger partial charge in [-0.1, -0.05) is 27.4 Å². The molecule has 0 aliphatic rings. The normalized spacial score (nSPS) is 12.8. The first-order valence-electron chi connectivity index (χ1n) is 4.06. The van der Waals surface area contributed by atoms with Gasteiger partial charge in [0.05, 0.1) is 0 Å². The van der Waals surface area contributed by atoms with E-state index in [2.05, 4.69) is 11.3 Å². The quantitative estimate of drug-likeness (QED) is 0.397. The van der Waals surface area contributed by atoms with Crippen molar-refractivity contribution in [2.75, 3.05) is 0 Å². The molecule has 70 valence electrons. The van der Waals surface area contributed by atoms with Crippen LogP contribution in [-0.4, -0.2) is 17.4 Å². The molecule has 0 saturated carbocycles. The van der Waals surface area contributed by atoms with Crippen molar-refractivity contribution >= 4 is 5.97 Å². The largest absolute Gasteiger partial charge is 0.433 e. The maximum absolute atomic E-state index is 11.1. The average Bonchev–Trinajstić information content (AvgIpc) is 2.02. The molecule has 0 amide bonds. The van der Waals surface area contributed by atoms with Crippen molar-refractivity contribution in [2.45, 2.75) is 33.5 Å². The van der Waals surface area contributed by atoms with Crippen molar-refractivity contribution in [3.63, 3.8) is 0 Å². The number of hydrogen-bond acceptors (Lipinski definition) is 3. The number of ether oxygens (including phenoxy) is 1. The Labute approximate surface area is 73.0 Å². The summed E-state index contributed by atoms with van der Waals surface area (Å²) in [6.45, 7) is 8.99. The van der Waals surface area contributed by atoms with E-state index in [1.54, 1.807) is 6.92 Å². The van der Waals surface area contributed by atoms with Crippen LogP contribution in [0.4, 0.5) is 0 Å². The van der Waals surface area contributed by atoms with Gasteiger partial charge in [-0.25, -0.2) is 4.79 Å². The molecule has 0 heterocycles. The summed E-state index contributed by atoms with van der Waals surface area (Å²) in [5.74, 6) is -0.457. The van der Waals surface area contributed by atoms with Crippen LogP contribution < -0.4 is 0 Å². The summed E-state index contributed by atoms with van der Waals surface area (Å²) in [5, 5.41) is 8.97. The molecule has 1 unspecified atom stereocenters. The molecule has 0 aromatic carbocycles. The monoisotopic (exact) mass is 172 g/mol. The highest BCUT2D eigenvalue weighted by molar-refractivity contribution is 5.88. The molecule has 3 nitrogen and oxygen atoms in total. The summed E-state index contributed by atoms with van der Waals surface area (Å²) in [7, 11) is 0. The van der Waals surface area contributed by atoms with Crippen LogP contribution in [0.1, 0.15) is 27.2 Å². The fourth-order valence-electron chi connectivity index (χ4n) is 0.518. The molecule has 0 saturated heterocycles. The van der Waals surface area contributed by atoms with E-state index < -0.39 is 12.3 Å². The second-order valence-electron chi connectivity index (χ2n) is 2.95. The lowest BCUT2D eigenvalue weighted by molar-refractivity contribution is -0.163. The van der Waals surface area contributed by atoms with E-state index in [0.29, 0.717) is 12.0 Å². The van der Waals surface area contributed by atoms with Crippen molar-refractivity contribution in [3.05, 3.63) is 12.2 Å². The molecule has 0 aromatic heterocycles. The molecule has 0 spiro atoms. The Morgan fingerprint density at radius 2 is 2.08 bits per heavy atom. The minimum Gasteiger partial charge on any atom is -0.433 e. The van der Waals surface area contributed by atoms with Gasteiger partial charge >= 0.3 is 5.97 Å². The van der Waals surface area contributed by atoms with E-state index in [4.69, 9.17) is 5.11 Å². The van der Waals surface area contributed by atoms with Crippen molar-refractivity contribution in [1.29, 1.82) is 0 Å². The van der Waals surface area contributed by atoms with E-state index in [1.807, 2.05) is 13.8 Å². The molecular formula is C9H16O3. The first kappa shape index (κ1) is 11.2. The number of aliphatic hydroxyl groups excluding tert-OH is 1. The Kier molecular flexibility index (Phi) is 4.59. The minimum absolute atomic E-state index is 0.0570. The maximum Gasteiger partial charge on any atom is 0.335 e. The SMILES string of the molecule is C=C(C(=O)OC(O)CC)C(C)C. The van der Waals surface area contributed by atoms with Crippen molar-refractivity contribution < 1.29 is 14.6 Å². The minimum atomic E-state index is -1.01. The van der Waals surface area contributed by atoms with Crippen LogP contribution >= 0.6 is 0 Å². The number of rotatable bonds is 4. The van der Waals surface area contributed by atoms with Gasteiger partial charge in [0, 0.05) is 12.0 Å². The zero-order valence-corrected chi connectivity index (χ0v) is 7.83. The lowest BCUT2D eigenvalue weighted by Crippen LogP contribution is -2.19. The van der Waals surface area contributed by atoms with E-state index >= 15 is 0 Å². The molecule has 0 fully saturated rings. The third kappa shape index (κ3) is 3.53. The van der Waals surface area contributed by atoms with Gasteiger partial charge in [0.15, 0.2) is 0 Å². The summed E-state index contributed by atoms with van der Waals surface area (Å²) in [4.78, 5) is 11.1. The van der Waals surface area contributed by atoms with E-state index in [0.717, 1.165) is 0 Å². The molecule has 3 heteroatoms. The fourth-order valence-corrected chi connectivity index (χ4v) is 0.518. The maximum atomic E-state index is 11.1. The Hall–Kier alpha value is -0.830. The molecule has 0 bridgehead atoms. The first-order chi connectivity index (χ1) is 5.49. The second kappa shape index (κ2) is 4.93. The zero-order chi connectivity index (χ0) is 9.72. The van der Waals surface area contributed by atoms with Crippen molar-refractivity contribution in [2.24, 2.45) is 5.92 Å². The third-order valence-corrected chi connectivity index (χ3v) is 1.55. The van der Waals surface area contributed by atoms with E-state index in [1.165, 1.54) is 0 Å². The molecule has 1 N–H and O–H groups in total. The molecule has 0 aliphatic carbocycles. The van der Waals surface area contributed by atoms with Gasteiger partial charge in [0.2, 0.25) is 6.29 Å². The number of aliphatic hydroxyl groups is 1. The lowest BCUT2D eigenvalue weighted by atomic mass is 10.1. The van der Waals surface area contributed by atoms with Gasteiger partial charge in [-0.05, 0) is 5.92 Å². The molecule has 0 aliphatic heterocycles. The van der Waals surface area contributed by atoms with Crippen LogP contribution in [0, 0.1) is 5.92 Å². The van der Waals surface area contributed by atoms with Gasteiger partial charge in [-0.2, -0.15) is 0 Å². The first-order valence-corrected chi connectivity index (χ1v) is 4.06. The summed E-state index contributed by atoms with van der Waals surface area (Å²) >= 11 is 0. The number of esters is 1. The van der Waals surface area contributed by atoms with Crippen LogP contribution in [0.5, 0.6) is 0 Å². The second-order valence-corrected chi connectivity index (χ2v) is 2.95. The van der Waals surface area contributed by atoms with Crippen molar-refractivity contribution in [1.82, 2.24) is 0 Å². The molecule has 12 heavy (non-hydrogen) atoms. The highest BCUT2D eigenvalue weighted by atomic mass is 16.6. The van der Waals surface area contributed by atoms with Crippen LogP contribution in [0.25, 0.3) is 0 Å². The van der Waals surface area contributed by atoms with Crippen LogP contribution in [0.15, 0.2) is 12.2 Å². The topological polar surface area (TPSA) is 46.5 Å². The Morgan fingerprint density at radius 3 is 2.42 bits per heavy atom. The van der Waals surface area contributed by atoms with Crippen LogP contribution in [0.3, 0.4) is 0 Å². The number of carbonyl (C=O) groups is 1. The summed E-state index contributed by atoms with van der Waals surface area (Å²) in [6.07, 6.45) is -0.607. The smallest absolute Gasteiger partial charge is 0.335 e. The Balaban J connectivity index is 3.96. The highest BCUT2D eigenvalue weighted by Crippen LogP contribution is 2.09. The van der Waals surface area contributed by atoms with Gasteiger partial charge in [-0.15, -0.1) is 0 Å². The lowest BCUT2D eigenvalue weighted by Gasteiger charge is -2.12. The summed E-state index contributed by atoms with van der Waals surface area (Å²) in [6, 6.07) is 0. The third-order valence-electron chi connectivity index (χ3n) is 1.55. The average molecular weight is 172 g/mol. The number of hydrogen-bond donors (Lipinski definition) is 1. The highest BCUT2D eigenvalue weighted by Gasteiger charge is 2.14. The standard InChI is InChI=1S/C9H16O3/c1-5-8(10)12-9(11)7(4)6(2)3/h6,8,10H,4-5H2,1-3H3. The van der Waals surface area contributed by atoms with Crippen LogP contribution in [0.2, 0.25) is 0 Å². The summed E-state index contributed by atoms with van der Waals surface area (Å²) in [5.41, 5.74) is 0.391.